The Morgan fingerprint density at radius 1 is 1.25 bits per heavy atom. The average molecular weight is 288 g/mol. The number of methoxy groups -OCH3 is 1. The summed E-state index contributed by atoms with van der Waals surface area (Å²) in [6.45, 7) is 13.9. The summed E-state index contributed by atoms with van der Waals surface area (Å²) < 4.78 is 10.5. The third kappa shape index (κ3) is 9.15. The van der Waals surface area contributed by atoms with Crippen LogP contribution in [0, 0.1) is 0 Å². The van der Waals surface area contributed by atoms with Gasteiger partial charge in [0.25, 0.3) is 0 Å². The summed E-state index contributed by atoms with van der Waals surface area (Å²) >= 11 is 0. The molecule has 120 valence electrons. The predicted molar refractivity (Wildman–Crippen MR) is 82.0 cm³/mol. The number of carbonyl (C=O) groups excluding carboxylic acids is 1. The van der Waals surface area contributed by atoms with Gasteiger partial charge < -0.3 is 19.7 Å². The van der Waals surface area contributed by atoms with Crippen LogP contribution in [0.15, 0.2) is 0 Å². The van der Waals surface area contributed by atoms with E-state index in [0.29, 0.717) is 12.6 Å². The Balaban J connectivity index is 4.19. The minimum atomic E-state index is -0.455. The molecule has 0 spiro atoms. The second-order valence-electron chi connectivity index (χ2n) is 6.40. The number of nitrogens with one attached hydrogen (secondary N) is 1. The molecule has 1 unspecified atom stereocenters. The molecule has 20 heavy (non-hydrogen) atoms. The number of hydrogen-bond acceptors (Lipinski definition) is 4. The molecule has 1 N–H and O–H groups in total. The molecule has 5 heteroatoms. The van der Waals surface area contributed by atoms with Gasteiger partial charge >= 0.3 is 6.09 Å². The number of nitrogens with zero attached hydrogens (tertiary/aromatic N) is 1. The molecule has 0 heterocycles. The smallest absolute Gasteiger partial charge is 0.410 e. The summed E-state index contributed by atoms with van der Waals surface area (Å²) in [5, 5.41) is 3.39. The van der Waals surface area contributed by atoms with Crippen LogP contribution in [-0.2, 0) is 9.47 Å². The van der Waals surface area contributed by atoms with E-state index in [1.165, 1.54) is 0 Å². The Labute approximate surface area is 124 Å². The van der Waals surface area contributed by atoms with E-state index in [4.69, 9.17) is 9.47 Å². The quantitative estimate of drug-likeness (QED) is 0.746. The van der Waals surface area contributed by atoms with Gasteiger partial charge in [0.1, 0.15) is 5.60 Å². The lowest BCUT2D eigenvalue weighted by Crippen LogP contribution is -2.45. The Bertz CT molecular complexity index is 275. The van der Waals surface area contributed by atoms with Gasteiger partial charge in [0.05, 0.1) is 0 Å². The van der Waals surface area contributed by atoms with E-state index in [2.05, 4.69) is 12.2 Å². The molecule has 0 radical (unpaired) electrons. The Kier molecular flexibility index (Phi) is 8.81. The lowest BCUT2D eigenvalue weighted by molar-refractivity contribution is 0.0192. The molecular weight excluding hydrogens is 256 g/mol. The molecule has 0 saturated carbocycles. The summed E-state index contributed by atoms with van der Waals surface area (Å²) in [5.41, 5.74) is -0.455. The number of ether oxygens (including phenoxy) is 2. The highest BCUT2D eigenvalue weighted by molar-refractivity contribution is 5.68. The minimum absolute atomic E-state index is 0.126. The zero-order chi connectivity index (χ0) is 15.8. The standard InChI is InChI=1S/C15H32N2O3/c1-12(2)17(14(18)20-15(4,5)6)10-9-16-13(3)8-11-19-7/h12-13,16H,8-11H2,1-7H3. The average Bonchev–Trinajstić information content (AvgIpc) is 2.29. The van der Waals surface area contributed by atoms with E-state index < -0.39 is 5.60 Å². The van der Waals surface area contributed by atoms with Crippen LogP contribution in [0.1, 0.15) is 48.0 Å². The van der Waals surface area contributed by atoms with Gasteiger partial charge in [0.2, 0.25) is 0 Å². The van der Waals surface area contributed by atoms with Crippen molar-refractivity contribution in [3.63, 3.8) is 0 Å². The van der Waals surface area contributed by atoms with E-state index in [0.717, 1.165) is 19.6 Å². The molecule has 5 nitrogen and oxygen atoms in total. The van der Waals surface area contributed by atoms with E-state index in [-0.39, 0.29) is 12.1 Å². The predicted octanol–water partition coefficient (Wildman–Crippen LogP) is 2.65. The van der Waals surface area contributed by atoms with Crippen molar-refractivity contribution in [1.29, 1.82) is 0 Å². The molecule has 0 aromatic heterocycles. The second kappa shape index (κ2) is 9.19. The SMILES string of the molecule is COCCC(C)NCCN(C(=O)OC(C)(C)C)C(C)C. The maximum atomic E-state index is 12.1. The van der Waals surface area contributed by atoms with Crippen LogP contribution in [-0.4, -0.2) is 55.5 Å². The molecule has 0 rings (SSSR count). The van der Waals surface area contributed by atoms with Gasteiger partial charge in [-0.05, 0) is 48.0 Å². The normalized spacial score (nSPS) is 13.4. The van der Waals surface area contributed by atoms with Crippen LogP contribution in [0.5, 0.6) is 0 Å². The molecule has 1 amide bonds. The second-order valence-corrected chi connectivity index (χ2v) is 6.40. The maximum Gasteiger partial charge on any atom is 0.410 e. The van der Waals surface area contributed by atoms with Crippen molar-refractivity contribution in [2.24, 2.45) is 0 Å². The maximum absolute atomic E-state index is 12.1. The van der Waals surface area contributed by atoms with Crippen molar-refractivity contribution in [3.8, 4) is 0 Å². The lowest BCUT2D eigenvalue weighted by Gasteiger charge is -2.30. The molecule has 0 aliphatic rings. The zero-order valence-electron chi connectivity index (χ0n) is 14.2. The van der Waals surface area contributed by atoms with E-state index in [1.54, 1.807) is 12.0 Å². The molecule has 0 bridgehead atoms. The molecule has 0 aliphatic heterocycles. The van der Waals surface area contributed by atoms with Crippen molar-refractivity contribution in [1.82, 2.24) is 10.2 Å². The summed E-state index contributed by atoms with van der Waals surface area (Å²) in [7, 11) is 1.70. The summed E-state index contributed by atoms with van der Waals surface area (Å²) in [6.07, 6.45) is 0.712. The first kappa shape index (κ1) is 19.2. The van der Waals surface area contributed by atoms with E-state index >= 15 is 0 Å². The van der Waals surface area contributed by atoms with Gasteiger partial charge in [-0.15, -0.1) is 0 Å². The highest BCUT2D eigenvalue weighted by Crippen LogP contribution is 2.11. The van der Waals surface area contributed by atoms with Gasteiger partial charge in [-0.1, -0.05) is 0 Å². The summed E-state index contributed by atoms with van der Waals surface area (Å²) in [4.78, 5) is 13.9. The van der Waals surface area contributed by atoms with Crippen molar-refractivity contribution in [2.45, 2.75) is 65.6 Å². The van der Waals surface area contributed by atoms with Crippen LogP contribution < -0.4 is 5.32 Å². The Hall–Kier alpha value is -0.810. The van der Waals surface area contributed by atoms with Crippen LogP contribution in [0.3, 0.4) is 0 Å². The van der Waals surface area contributed by atoms with Crippen molar-refractivity contribution >= 4 is 6.09 Å². The fourth-order valence-electron chi connectivity index (χ4n) is 1.71. The first-order valence-corrected chi connectivity index (χ1v) is 7.39. The molecule has 1 atom stereocenters. The van der Waals surface area contributed by atoms with Crippen molar-refractivity contribution in [3.05, 3.63) is 0 Å². The largest absolute Gasteiger partial charge is 0.444 e. The first-order valence-electron chi connectivity index (χ1n) is 7.39. The van der Waals surface area contributed by atoms with Crippen LogP contribution in [0.2, 0.25) is 0 Å². The lowest BCUT2D eigenvalue weighted by atomic mass is 10.2. The third-order valence-corrected chi connectivity index (χ3v) is 2.85. The number of amides is 1. The Morgan fingerprint density at radius 2 is 1.85 bits per heavy atom. The topological polar surface area (TPSA) is 50.8 Å². The summed E-state index contributed by atoms with van der Waals surface area (Å²) in [5.74, 6) is 0. The zero-order valence-corrected chi connectivity index (χ0v) is 14.2. The molecule has 0 aromatic carbocycles. The monoisotopic (exact) mass is 288 g/mol. The van der Waals surface area contributed by atoms with E-state index in [1.807, 2.05) is 34.6 Å². The molecular formula is C15H32N2O3. The third-order valence-electron chi connectivity index (χ3n) is 2.85. The van der Waals surface area contributed by atoms with Gasteiger partial charge in [-0.2, -0.15) is 0 Å². The molecule has 0 fully saturated rings. The van der Waals surface area contributed by atoms with Crippen molar-refractivity contribution in [2.75, 3.05) is 26.8 Å². The van der Waals surface area contributed by atoms with Gasteiger partial charge in [-0.3, -0.25) is 0 Å². The number of rotatable bonds is 8. The first-order chi connectivity index (χ1) is 9.17. The van der Waals surface area contributed by atoms with Gasteiger partial charge in [-0.25, -0.2) is 4.79 Å². The van der Waals surface area contributed by atoms with Gasteiger partial charge in [0.15, 0.2) is 0 Å². The van der Waals surface area contributed by atoms with Crippen LogP contribution in [0.4, 0.5) is 4.79 Å². The summed E-state index contributed by atoms with van der Waals surface area (Å²) in [6, 6.07) is 0.503. The highest BCUT2D eigenvalue weighted by Gasteiger charge is 2.23. The fourth-order valence-corrected chi connectivity index (χ4v) is 1.71. The fraction of sp³-hybridized carbons (Fsp3) is 0.933. The molecule has 0 saturated heterocycles. The molecule has 0 aliphatic carbocycles. The van der Waals surface area contributed by atoms with Gasteiger partial charge in [0, 0.05) is 38.9 Å². The number of hydrogen-bond donors (Lipinski definition) is 1. The number of carbonyl (C=O) groups is 1. The Morgan fingerprint density at radius 3 is 2.30 bits per heavy atom. The van der Waals surface area contributed by atoms with Crippen LogP contribution >= 0.6 is 0 Å². The highest BCUT2D eigenvalue weighted by atomic mass is 16.6. The van der Waals surface area contributed by atoms with E-state index in [9.17, 15) is 4.79 Å². The van der Waals surface area contributed by atoms with Crippen molar-refractivity contribution < 1.29 is 14.3 Å². The minimum Gasteiger partial charge on any atom is -0.444 e. The molecule has 0 aromatic rings. The van der Waals surface area contributed by atoms with Crippen LogP contribution in [0.25, 0.3) is 0 Å².